The smallest absolute Gasteiger partial charge is 0.251 e. The number of nitrogens with one attached hydrogen (secondary N) is 1. The lowest BCUT2D eigenvalue weighted by Gasteiger charge is -2.27. The number of benzene rings is 2. The van der Waals surface area contributed by atoms with E-state index in [1.165, 1.54) is 22.5 Å². The van der Waals surface area contributed by atoms with E-state index < -0.39 is 28.4 Å². The SMILES string of the molecule is CN1c2ccc(C(=O)NCc3cccnc3)cc2C(=O)/C(=C/c2ccc(F)c(F)c2)S1=O. The maximum absolute atomic E-state index is 13.6. The van der Waals surface area contributed by atoms with Gasteiger partial charge >= 0.3 is 0 Å². The first-order chi connectivity index (χ1) is 15.3. The van der Waals surface area contributed by atoms with Crippen LogP contribution in [0.4, 0.5) is 14.5 Å². The van der Waals surface area contributed by atoms with Crippen molar-refractivity contribution in [1.29, 1.82) is 0 Å². The van der Waals surface area contributed by atoms with Crippen molar-refractivity contribution in [2.24, 2.45) is 0 Å². The second kappa shape index (κ2) is 8.80. The Morgan fingerprint density at radius 3 is 2.69 bits per heavy atom. The Morgan fingerprint density at radius 1 is 1.16 bits per heavy atom. The number of pyridine rings is 1. The van der Waals surface area contributed by atoms with Gasteiger partial charge < -0.3 is 5.32 Å². The number of Topliss-reactive ketones (excluding diaryl/α,β-unsaturated/α-hetero) is 1. The van der Waals surface area contributed by atoms with E-state index in [0.29, 0.717) is 5.69 Å². The number of nitrogens with zero attached hydrogens (tertiary/aromatic N) is 2. The van der Waals surface area contributed by atoms with Gasteiger partial charge in [-0.1, -0.05) is 12.1 Å². The van der Waals surface area contributed by atoms with Gasteiger partial charge in [0.25, 0.3) is 5.91 Å². The number of ketones is 1. The largest absolute Gasteiger partial charge is 0.348 e. The second-order valence-electron chi connectivity index (χ2n) is 7.03. The molecule has 1 N–H and O–H groups in total. The molecule has 2 aromatic carbocycles. The molecule has 162 valence electrons. The van der Waals surface area contributed by atoms with Gasteiger partial charge in [0.1, 0.15) is 4.91 Å². The Balaban J connectivity index is 1.64. The molecule has 0 spiro atoms. The highest BCUT2D eigenvalue weighted by atomic mass is 32.2. The minimum atomic E-state index is -1.85. The minimum Gasteiger partial charge on any atom is -0.348 e. The summed E-state index contributed by atoms with van der Waals surface area (Å²) in [5.41, 5.74) is 1.87. The van der Waals surface area contributed by atoms with Crippen LogP contribution in [-0.4, -0.2) is 27.9 Å². The third-order valence-corrected chi connectivity index (χ3v) is 6.29. The molecule has 0 saturated heterocycles. The van der Waals surface area contributed by atoms with Crippen molar-refractivity contribution in [3.63, 3.8) is 0 Å². The molecule has 0 fully saturated rings. The Morgan fingerprint density at radius 2 is 1.97 bits per heavy atom. The van der Waals surface area contributed by atoms with Crippen LogP contribution in [-0.2, 0) is 17.5 Å². The van der Waals surface area contributed by atoms with Crippen molar-refractivity contribution in [3.05, 3.63) is 99.7 Å². The molecule has 9 heteroatoms. The summed E-state index contributed by atoms with van der Waals surface area (Å²) < 4.78 is 41.0. The van der Waals surface area contributed by atoms with E-state index in [0.717, 1.165) is 17.7 Å². The number of carbonyl (C=O) groups excluding carboxylic acids is 2. The predicted molar refractivity (Wildman–Crippen MR) is 117 cm³/mol. The fraction of sp³-hybridized carbons (Fsp3) is 0.0870. The summed E-state index contributed by atoms with van der Waals surface area (Å²) in [5.74, 6) is -3.03. The fourth-order valence-electron chi connectivity index (χ4n) is 3.24. The van der Waals surface area contributed by atoms with Crippen molar-refractivity contribution >= 4 is 34.4 Å². The topological polar surface area (TPSA) is 79.4 Å². The van der Waals surface area contributed by atoms with Gasteiger partial charge in [0.2, 0.25) is 5.78 Å². The number of halogens is 2. The molecule has 3 aromatic rings. The Hall–Kier alpha value is -3.72. The Labute approximate surface area is 185 Å². The highest BCUT2D eigenvalue weighted by Gasteiger charge is 2.32. The van der Waals surface area contributed by atoms with Gasteiger partial charge in [0.05, 0.1) is 5.69 Å². The number of hydrogen-bond donors (Lipinski definition) is 1. The van der Waals surface area contributed by atoms with E-state index >= 15 is 0 Å². The van der Waals surface area contributed by atoms with E-state index in [1.54, 1.807) is 37.6 Å². The number of anilines is 1. The fourth-order valence-corrected chi connectivity index (χ4v) is 4.38. The summed E-state index contributed by atoms with van der Waals surface area (Å²) in [7, 11) is -0.307. The lowest BCUT2D eigenvalue weighted by Crippen LogP contribution is -2.32. The molecule has 1 amide bonds. The lowest BCUT2D eigenvalue weighted by molar-refractivity contribution is 0.0951. The predicted octanol–water partition coefficient (Wildman–Crippen LogP) is 3.63. The first kappa shape index (κ1) is 21.5. The maximum atomic E-state index is 13.6. The third-order valence-electron chi connectivity index (χ3n) is 4.92. The molecular weight excluding hydrogens is 436 g/mol. The van der Waals surface area contributed by atoms with Gasteiger partial charge in [0, 0.05) is 37.1 Å². The van der Waals surface area contributed by atoms with Gasteiger partial charge in [-0.15, -0.1) is 0 Å². The molecule has 6 nitrogen and oxygen atoms in total. The summed E-state index contributed by atoms with van der Waals surface area (Å²) in [5, 5.41) is 2.76. The van der Waals surface area contributed by atoms with Crippen molar-refractivity contribution in [2.75, 3.05) is 11.4 Å². The quantitative estimate of drug-likeness (QED) is 0.612. The standard InChI is InChI=1S/C23H17F2N3O3S/c1-28-20-7-5-16(23(30)27-13-15-3-2-8-26-12-15)11-17(20)22(29)21(32(28)31)10-14-4-6-18(24)19(25)9-14/h2-12H,13H2,1H3,(H,27,30)/b21-10-. The molecule has 4 rings (SSSR count). The van der Waals surface area contributed by atoms with Crippen molar-refractivity contribution in [3.8, 4) is 0 Å². The molecule has 0 bridgehead atoms. The number of carbonyl (C=O) groups is 2. The molecule has 0 aliphatic carbocycles. The zero-order valence-electron chi connectivity index (χ0n) is 16.8. The van der Waals surface area contributed by atoms with Crippen molar-refractivity contribution in [2.45, 2.75) is 6.54 Å². The van der Waals surface area contributed by atoms with Crippen LogP contribution in [0.1, 0.15) is 31.8 Å². The van der Waals surface area contributed by atoms with Gasteiger partial charge in [-0.2, -0.15) is 0 Å². The summed E-state index contributed by atoms with van der Waals surface area (Å²) in [6.07, 6.45) is 4.53. The molecule has 2 heterocycles. The van der Waals surface area contributed by atoms with Crippen molar-refractivity contribution in [1.82, 2.24) is 10.3 Å². The number of fused-ring (bicyclic) bond motifs is 1. The van der Waals surface area contributed by atoms with Crippen LogP contribution < -0.4 is 9.62 Å². The Bertz CT molecular complexity index is 1280. The summed E-state index contributed by atoms with van der Waals surface area (Å²) in [4.78, 5) is 29.6. The van der Waals surface area contributed by atoms with Crippen LogP contribution in [0.2, 0.25) is 0 Å². The van der Waals surface area contributed by atoms with Crippen LogP contribution in [0.15, 0.2) is 65.8 Å². The zero-order chi connectivity index (χ0) is 22.8. The van der Waals surface area contributed by atoms with Gasteiger partial charge in [0.15, 0.2) is 22.6 Å². The number of allylic oxidation sites excluding steroid dienone is 1. The number of amides is 1. The van der Waals surface area contributed by atoms with Gasteiger partial charge in [-0.05, 0) is 53.6 Å². The van der Waals surface area contributed by atoms with Gasteiger partial charge in [-0.25, -0.2) is 13.0 Å². The highest BCUT2D eigenvalue weighted by Crippen LogP contribution is 2.33. The van der Waals surface area contributed by atoms with Crippen LogP contribution in [0, 0.1) is 11.6 Å². The molecule has 32 heavy (non-hydrogen) atoms. The minimum absolute atomic E-state index is 0.0982. The summed E-state index contributed by atoms with van der Waals surface area (Å²) in [6.45, 7) is 0.267. The summed E-state index contributed by atoms with van der Waals surface area (Å²) in [6, 6.07) is 11.3. The second-order valence-corrected chi connectivity index (χ2v) is 8.52. The first-order valence-corrected chi connectivity index (χ1v) is 10.6. The molecule has 1 aromatic heterocycles. The molecule has 0 radical (unpaired) electrons. The lowest BCUT2D eigenvalue weighted by atomic mass is 10.0. The number of aromatic nitrogens is 1. The average Bonchev–Trinajstić information content (AvgIpc) is 2.81. The molecule has 1 aliphatic rings. The molecule has 1 aliphatic heterocycles. The normalized spacial score (nSPS) is 16.7. The van der Waals surface area contributed by atoms with Crippen LogP contribution in [0.5, 0.6) is 0 Å². The van der Waals surface area contributed by atoms with E-state index in [2.05, 4.69) is 10.3 Å². The van der Waals surface area contributed by atoms with E-state index in [-0.39, 0.29) is 34.0 Å². The first-order valence-electron chi connectivity index (χ1n) is 9.53. The molecule has 1 unspecified atom stereocenters. The summed E-state index contributed by atoms with van der Waals surface area (Å²) >= 11 is 0. The van der Waals surface area contributed by atoms with Crippen LogP contribution >= 0.6 is 0 Å². The number of rotatable bonds is 4. The van der Waals surface area contributed by atoms with Crippen LogP contribution in [0.25, 0.3) is 6.08 Å². The van der Waals surface area contributed by atoms with Gasteiger partial charge in [-0.3, -0.25) is 18.9 Å². The number of hydrogen-bond acceptors (Lipinski definition) is 4. The van der Waals surface area contributed by atoms with Crippen LogP contribution in [0.3, 0.4) is 0 Å². The molecule has 1 atom stereocenters. The monoisotopic (exact) mass is 453 g/mol. The van der Waals surface area contributed by atoms with E-state index in [4.69, 9.17) is 0 Å². The van der Waals surface area contributed by atoms with E-state index in [1.807, 2.05) is 6.07 Å². The Kier molecular flexibility index (Phi) is 5.91. The van der Waals surface area contributed by atoms with Crippen molar-refractivity contribution < 1.29 is 22.6 Å². The molecular formula is C23H17F2N3O3S. The zero-order valence-corrected chi connectivity index (χ0v) is 17.7. The maximum Gasteiger partial charge on any atom is 0.251 e. The average molecular weight is 453 g/mol. The third kappa shape index (κ3) is 4.19. The molecule has 0 saturated carbocycles. The van der Waals surface area contributed by atoms with E-state index in [9.17, 15) is 22.6 Å². The highest BCUT2D eigenvalue weighted by molar-refractivity contribution is 7.91.